The quantitative estimate of drug-likeness (QED) is 0.574. The molecule has 1 atom stereocenters. The van der Waals surface area contributed by atoms with Crippen LogP contribution in [0.5, 0.6) is 0 Å². The van der Waals surface area contributed by atoms with Gasteiger partial charge in [0.1, 0.15) is 6.20 Å². The summed E-state index contributed by atoms with van der Waals surface area (Å²) in [5.74, 6) is -0.391. The molecule has 5 heteroatoms. The first-order chi connectivity index (χ1) is 8.22. The number of hydrogen-bond acceptors (Lipinski definition) is 4. The van der Waals surface area contributed by atoms with Crippen LogP contribution in [0.1, 0.15) is 12.0 Å². The van der Waals surface area contributed by atoms with Crippen LogP contribution in [-0.2, 0) is 0 Å². The molecule has 0 bridgehead atoms. The summed E-state index contributed by atoms with van der Waals surface area (Å²) in [6, 6.07) is 5.18. The van der Waals surface area contributed by atoms with Crippen molar-refractivity contribution in [3.05, 3.63) is 52.2 Å². The Morgan fingerprint density at radius 3 is 2.94 bits per heavy atom. The Kier molecular flexibility index (Phi) is 2.97. The summed E-state index contributed by atoms with van der Waals surface area (Å²) in [5.41, 5.74) is 1.61. The summed E-state index contributed by atoms with van der Waals surface area (Å²) >= 11 is 0. The second-order valence-electron chi connectivity index (χ2n) is 3.63. The number of rotatable bonds is 2. The molecule has 1 aromatic rings. The van der Waals surface area contributed by atoms with E-state index < -0.39 is 4.92 Å². The van der Waals surface area contributed by atoms with Crippen molar-refractivity contribution in [2.45, 2.75) is 6.42 Å². The highest BCUT2D eigenvalue weighted by Gasteiger charge is 2.18. The molecule has 5 nitrogen and oxygen atoms in total. The fraction of sp³-hybridized carbons (Fsp3) is 0.167. The summed E-state index contributed by atoms with van der Waals surface area (Å²) in [6.07, 6.45) is 7.76. The Bertz CT molecular complexity index is 538. The van der Waals surface area contributed by atoms with E-state index in [1.807, 2.05) is 18.2 Å². The first kappa shape index (κ1) is 11.0. The number of nitro groups is 1. The molecular weight excluding hydrogens is 218 g/mol. The van der Waals surface area contributed by atoms with Crippen molar-refractivity contribution < 1.29 is 4.92 Å². The van der Waals surface area contributed by atoms with Gasteiger partial charge in [-0.1, -0.05) is 18.2 Å². The Labute approximate surface area is 97.9 Å². The molecule has 1 aliphatic carbocycles. The van der Waals surface area contributed by atoms with Gasteiger partial charge in [0.15, 0.2) is 0 Å². The molecule has 0 fully saturated rings. The minimum absolute atomic E-state index is 0.186. The van der Waals surface area contributed by atoms with E-state index in [9.17, 15) is 10.1 Å². The van der Waals surface area contributed by atoms with Crippen LogP contribution >= 0.6 is 0 Å². The van der Waals surface area contributed by atoms with Crippen LogP contribution in [0.15, 0.2) is 36.6 Å². The van der Waals surface area contributed by atoms with Crippen molar-refractivity contribution in [3.63, 3.8) is 0 Å². The highest BCUT2D eigenvalue weighted by Crippen LogP contribution is 2.29. The summed E-state index contributed by atoms with van der Waals surface area (Å²) in [5, 5.41) is 19.5. The second kappa shape index (κ2) is 4.58. The van der Waals surface area contributed by atoms with Gasteiger partial charge >= 0.3 is 5.82 Å². The van der Waals surface area contributed by atoms with Gasteiger partial charge in [0.25, 0.3) is 0 Å². The average Bonchev–Trinajstić information content (AvgIpc) is 2.39. The molecule has 1 aromatic heterocycles. The van der Waals surface area contributed by atoms with Crippen LogP contribution in [0.2, 0.25) is 0 Å². The minimum atomic E-state index is -0.541. The van der Waals surface area contributed by atoms with E-state index in [2.05, 4.69) is 11.1 Å². The molecular formula is C12H9N3O2. The SMILES string of the molecule is N#CC1CC=CC=C1c1ccc([N+](=O)[O-])nc1. The first-order valence-corrected chi connectivity index (χ1v) is 5.09. The van der Waals surface area contributed by atoms with Crippen molar-refractivity contribution in [2.75, 3.05) is 0 Å². The lowest BCUT2D eigenvalue weighted by atomic mass is 9.88. The first-order valence-electron chi connectivity index (χ1n) is 5.09. The zero-order chi connectivity index (χ0) is 12.3. The average molecular weight is 227 g/mol. The van der Waals surface area contributed by atoms with Gasteiger partial charge in [-0.3, -0.25) is 0 Å². The largest absolute Gasteiger partial charge is 0.363 e. The monoisotopic (exact) mass is 227 g/mol. The second-order valence-corrected chi connectivity index (χ2v) is 3.63. The van der Waals surface area contributed by atoms with E-state index in [0.29, 0.717) is 6.42 Å². The Balaban J connectivity index is 2.34. The Morgan fingerprint density at radius 1 is 1.53 bits per heavy atom. The number of nitrogens with zero attached hydrogens (tertiary/aromatic N) is 3. The zero-order valence-electron chi connectivity index (χ0n) is 8.91. The molecule has 2 rings (SSSR count). The predicted molar refractivity (Wildman–Crippen MR) is 61.7 cm³/mol. The molecule has 0 saturated carbocycles. The van der Waals surface area contributed by atoms with Crippen molar-refractivity contribution >= 4 is 11.4 Å². The maximum atomic E-state index is 10.5. The van der Waals surface area contributed by atoms with Crippen LogP contribution in [-0.4, -0.2) is 9.91 Å². The van der Waals surface area contributed by atoms with Crippen LogP contribution in [0.3, 0.4) is 0 Å². The van der Waals surface area contributed by atoms with Crippen LogP contribution < -0.4 is 0 Å². The molecule has 1 unspecified atom stereocenters. The molecule has 1 aliphatic rings. The number of hydrogen-bond donors (Lipinski definition) is 0. The van der Waals surface area contributed by atoms with Crippen molar-refractivity contribution in [1.29, 1.82) is 5.26 Å². The molecule has 0 spiro atoms. The van der Waals surface area contributed by atoms with Gasteiger partial charge in [0.05, 0.1) is 12.0 Å². The third-order valence-electron chi connectivity index (χ3n) is 2.58. The van der Waals surface area contributed by atoms with Gasteiger partial charge in [0.2, 0.25) is 0 Å². The van der Waals surface area contributed by atoms with E-state index >= 15 is 0 Å². The topological polar surface area (TPSA) is 79.8 Å². The molecule has 0 aliphatic heterocycles. The molecule has 0 radical (unpaired) electrons. The number of aromatic nitrogens is 1. The maximum absolute atomic E-state index is 10.5. The van der Waals surface area contributed by atoms with E-state index in [-0.39, 0.29) is 11.7 Å². The van der Waals surface area contributed by atoms with Crippen molar-refractivity contribution in [1.82, 2.24) is 4.98 Å². The Morgan fingerprint density at radius 2 is 2.35 bits per heavy atom. The standard InChI is InChI=1S/C12H9N3O2/c13-7-9-3-1-2-4-11(9)10-5-6-12(14-8-10)15(16)17/h1-2,4-6,8-9H,3H2. The lowest BCUT2D eigenvalue weighted by Gasteiger charge is -2.13. The normalized spacial score (nSPS) is 18.3. The third kappa shape index (κ3) is 2.21. The van der Waals surface area contributed by atoms with Crippen molar-refractivity contribution in [3.8, 4) is 6.07 Å². The van der Waals surface area contributed by atoms with Crippen LogP contribution in [0.25, 0.3) is 5.57 Å². The highest BCUT2D eigenvalue weighted by molar-refractivity contribution is 5.71. The van der Waals surface area contributed by atoms with Crippen LogP contribution in [0.4, 0.5) is 5.82 Å². The lowest BCUT2D eigenvalue weighted by molar-refractivity contribution is -0.389. The minimum Gasteiger partial charge on any atom is -0.358 e. The van der Waals surface area contributed by atoms with E-state index in [1.54, 1.807) is 6.07 Å². The molecule has 0 N–H and O–H groups in total. The summed E-state index contributed by atoms with van der Waals surface area (Å²) in [6.45, 7) is 0. The molecule has 0 aromatic carbocycles. The molecule has 0 saturated heterocycles. The fourth-order valence-electron chi connectivity index (χ4n) is 1.71. The molecule has 0 amide bonds. The van der Waals surface area contributed by atoms with Gasteiger partial charge in [-0.15, -0.1) is 0 Å². The number of nitriles is 1. The number of allylic oxidation sites excluding steroid dienone is 4. The number of pyridine rings is 1. The molecule has 84 valence electrons. The Hall–Kier alpha value is -2.48. The molecule has 17 heavy (non-hydrogen) atoms. The van der Waals surface area contributed by atoms with E-state index in [0.717, 1.165) is 11.1 Å². The van der Waals surface area contributed by atoms with Crippen LogP contribution in [0, 0.1) is 27.4 Å². The predicted octanol–water partition coefficient (Wildman–Crippen LogP) is 2.47. The lowest BCUT2D eigenvalue weighted by Crippen LogP contribution is -2.03. The zero-order valence-corrected chi connectivity index (χ0v) is 8.91. The smallest absolute Gasteiger partial charge is 0.358 e. The maximum Gasteiger partial charge on any atom is 0.363 e. The van der Waals surface area contributed by atoms with Gasteiger partial charge in [-0.25, -0.2) is 0 Å². The van der Waals surface area contributed by atoms with Gasteiger partial charge in [0, 0.05) is 11.6 Å². The summed E-state index contributed by atoms with van der Waals surface area (Å²) < 4.78 is 0. The van der Waals surface area contributed by atoms with Gasteiger partial charge in [-0.2, -0.15) is 5.26 Å². The summed E-state index contributed by atoms with van der Waals surface area (Å²) in [7, 11) is 0. The highest BCUT2D eigenvalue weighted by atomic mass is 16.6. The third-order valence-corrected chi connectivity index (χ3v) is 2.58. The fourth-order valence-corrected chi connectivity index (χ4v) is 1.71. The van der Waals surface area contributed by atoms with Crippen molar-refractivity contribution in [2.24, 2.45) is 5.92 Å². The van der Waals surface area contributed by atoms with Gasteiger partial charge in [-0.05, 0) is 28.0 Å². The van der Waals surface area contributed by atoms with E-state index in [4.69, 9.17) is 5.26 Å². The summed E-state index contributed by atoms with van der Waals surface area (Å²) in [4.78, 5) is 13.7. The molecule has 1 heterocycles. The van der Waals surface area contributed by atoms with E-state index in [1.165, 1.54) is 12.3 Å². The van der Waals surface area contributed by atoms with Gasteiger partial charge < -0.3 is 10.1 Å².